The topological polar surface area (TPSA) is 55.8 Å². The fourth-order valence-electron chi connectivity index (χ4n) is 2.16. The lowest BCUT2D eigenvalue weighted by atomic mass is 10.3. The average Bonchev–Trinajstić information content (AvgIpc) is 2.80. The molecule has 7 heteroatoms. The van der Waals surface area contributed by atoms with Gasteiger partial charge in [0.1, 0.15) is 11.5 Å². The van der Waals surface area contributed by atoms with Gasteiger partial charge in [-0.2, -0.15) is 0 Å². The summed E-state index contributed by atoms with van der Waals surface area (Å²) in [6, 6.07) is 12.8. The molecule has 0 saturated carbocycles. The van der Waals surface area contributed by atoms with Crippen LogP contribution in [0.2, 0.25) is 5.02 Å². The number of carbonyl (C=O) groups excluding carboxylic acids is 2. The van der Waals surface area contributed by atoms with Crippen LogP contribution in [-0.2, 0) is 9.59 Å². The van der Waals surface area contributed by atoms with Crippen LogP contribution >= 0.6 is 23.2 Å². The highest BCUT2D eigenvalue weighted by Crippen LogP contribution is 2.32. The first-order valence-corrected chi connectivity index (χ1v) is 7.63. The molecule has 122 valence electrons. The summed E-state index contributed by atoms with van der Waals surface area (Å²) in [6.45, 7) is 0. The van der Waals surface area contributed by atoms with Crippen molar-refractivity contribution in [1.82, 2.24) is 0 Å². The summed E-state index contributed by atoms with van der Waals surface area (Å²) in [5.74, 6) is -0.541. The van der Waals surface area contributed by atoms with Crippen LogP contribution in [0, 0.1) is 0 Å². The zero-order valence-electron chi connectivity index (χ0n) is 12.5. The largest absolute Gasteiger partial charge is 0.497 e. The smallest absolute Gasteiger partial charge is 0.302 e. The van der Waals surface area contributed by atoms with E-state index in [1.54, 1.807) is 48.5 Å². The summed E-state index contributed by atoms with van der Waals surface area (Å²) in [6.07, 6.45) is 0. The third-order valence-electron chi connectivity index (χ3n) is 3.35. The van der Waals surface area contributed by atoms with Crippen molar-refractivity contribution in [3.8, 4) is 11.5 Å². The van der Waals surface area contributed by atoms with E-state index in [9.17, 15) is 9.59 Å². The molecule has 2 aromatic rings. The molecule has 1 heterocycles. The van der Waals surface area contributed by atoms with E-state index >= 15 is 0 Å². The summed E-state index contributed by atoms with van der Waals surface area (Å²) < 4.78 is 10.5. The van der Waals surface area contributed by atoms with Crippen molar-refractivity contribution >= 4 is 40.7 Å². The van der Waals surface area contributed by atoms with Crippen LogP contribution < -0.4 is 14.4 Å². The SMILES string of the molecule is COc1ccc(N2C(=O)C(Cl)=C(Oc3ccc(Cl)cc3)C2=O)cc1. The number of rotatable bonds is 4. The van der Waals surface area contributed by atoms with Gasteiger partial charge in [-0.1, -0.05) is 23.2 Å². The molecule has 3 rings (SSSR count). The van der Waals surface area contributed by atoms with Gasteiger partial charge >= 0.3 is 5.91 Å². The zero-order valence-corrected chi connectivity index (χ0v) is 14.0. The van der Waals surface area contributed by atoms with Crippen molar-refractivity contribution in [2.45, 2.75) is 0 Å². The monoisotopic (exact) mass is 363 g/mol. The first kappa shape index (κ1) is 16.4. The lowest BCUT2D eigenvalue weighted by molar-refractivity contribution is -0.121. The quantitative estimate of drug-likeness (QED) is 0.776. The fraction of sp³-hybridized carbons (Fsp3) is 0.0588. The molecule has 2 aromatic carbocycles. The summed E-state index contributed by atoms with van der Waals surface area (Å²) in [5.41, 5.74) is 0.374. The molecule has 0 aliphatic carbocycles. The fourth-order valence-corrected chi connectivity index (χ4v) is 2.49. The van der Waals surface area contributed by atoms with Crippen LogP contribution in [0.15, 0.2) is 59.3 Å². The predicted octanol–water partition coefficient (Wildman–Crippen LogP) is 3.75. The van der Waals surface area contributed by atoms with Crippen LogP contribution in [0.1, 0.15) is 0 Å². The molecular formula is C17H11Cl2NO4. The van der Waals surface area contributed by atoms with Gasteiger partial charge in [0.15, 0.2) is 5.03 Å². The third kappa shape index (κ3) is 2.96. The number of anilines is 1. The summed E-state index contributed by atoms with van der Waals surface area (Å²) >= 11 is 11.8. The number of ether oxygens (including phenoxy) is 2. The average molecular weight is 364 g/mol. The zero-order chi connectivity index (χ0) is 17.3. The van der Waals surface area contributed by atoms with Crippen LogP contribution in [0.4, 0.5) is 5.69 Å². The van der Waals surface area contributed by atoms with Crippen molar-refractivity contribution in [1.29, 1.82) is 0 Å². The first-order valence-electron chi connectivity index (χ1n) is 6.87. The molecule has 24 heavy (non-hydrogen) atoms. The number of carbonyl (C=O) groups is 2. The predicted molar refractivity (Wildman–Crippen MR) is 90.4 cm³/mol. The number of hydrogen-bond donors (Lipinski definition) is 0. The Morgan fingerprint density at radius 1 is 0.833 bits per heavy atom. The van der Waals surface area contributed by atoms with E-state index in [0.717, 1.165) is 4.90 Å². The summed E-state index contributed by atoms with van der Waals surface area (Å²) in [7, 11) is 1.53. The van der Waals surface area contributed by atoms with E-state index in [1.807, 2.05) is 0 Å². The van der Waals surface area contributed by atoms with E-state index in [2.05, 4.69) is 0 Å². The van der Waals surface area contributed by atoms with Gasteiger partial charge in [0.2, 0.25) is 5.76 Å². The minimum Gasteiger partial charge on any atom is -0.497 e. The van der Waals surface area contributed by atoms with Crippen LogP contribution in [0.3, 0.4) is 0 Å². The Morgan fingerprint density at radius 2 is 1.42 bits per heavy atom. The van der Waals surface area contributed by atoms with E-state index in [4.69, 9.17) is 32.7 Å². The van der Waals surface area contributed by atoms with E-state index in [0.29, 0.717) is 22.2 Å². The van der Waals surface area contributed by atoms with Crippen LogP contribution in [-0.4, -0.2) is 18.9 Å². The number of benzene rings is 2. The maximum Gasteiger partial charge on any atom is 0.302 e. The Labute approximate surface area is 148 Å². The molecule has 0 saturated heterocycles. The Bertz CT molecular complexity index is 829. The third-order valence-corrected chi connectivity index (χ3v) is 3.94. The molecule has 5 nitrogen and oxygen atoms in total. The highest BCUT2D eigenvalue weighted by molar-refractivity contribution is 6.52. The van der Waals surface area contributed by atoms with Crippen molar-refractivity contribution in [3.05, 3.63) is 64.3 Å². The Kier molecular flexibility index (Phi) is 4.46. The lowest BCUT2D eigenvalue weighted by Crippen LogP contribution is -2.31. The van der Waals surface area contributed by atoms with Gasteiger partial charge in [0.05, 0.1) is 12.8 Å². The number of nitrogens with zero attached hydrogens (tertiary/aromatic N) is 1. The molecule has 0 radical (unpaired) electrons. The van der Waals surface area contributed by atoms with Gasteiger partial charge in [-0.05, 0) is 48.5 Å². The van der Waals surface area contributed by atoms with E-state index < -0.39 is 11.8 Å². The van der Waals surface area contributed by atoms with Gasteiger partial charge in [-0.15, -0.1) is 0 Å². The molecule has 0 aromatic heterocycles. The first-order chi connectivity index (χ1) is 11.5. The number of halogens is 2. The molecule has 2 amide bonds. The number of imide groups is 1. The Morgan fingerprint density at radius 3 is 2.00 bits per heavy atom. The molecular weight excluding hydrogens is 353 g/mol. The molecule has 0 fully saturated rings. The van der Waals surface area contributed by atoms with Crippen molar-refractivity contribution < 1.29 is 19.1 Å². The molecule has 0 N–H and O–H groups in total. The Balaban J connectivity index is 1.87. The maximum atomic E-state index is 12.5. The summed E-state index contributed by atoms with van der Waals surface area (Å²) in [5, 5.41) is 0.252. The Hall–Kier alpha value is -2.50. The van der Waals surface area contributed by atoms with Gasteiger partial charge in [-0.3, -0.25) is 9.59 Å². The van der Waals surface area contributed by atoms with Crippen molar-refractivity contribution in [3.63, 3.8) is 0 Å². The normalized spacial score (nSPS) is 14.4. The number of methoxy groups -OCH3 is 1. The molecule has 1 aliphatic heterocycles. The van der Waals surface area contributed by atoms with Crippen molar-refractivity contribution in [2.24, 2.45) is 0 Å². The minimum absolute atomic E-state index is 0.222. The lowest BCUT2D eigenvalue weighted by Gasteiger charge is -2.15. The highest BCUT2D eigenvalue weighted by atomic mass is 35.5. The van der Waals surface area contributed by atoms with Crippen molar-refractivity contribution in [2.75, 3.05) is 12.0 Å². The molecule has 1 aliphatic rings. The van der Waals surface area contributed by atoms with Gasteiger partial charge in [0.25, 0.3) is 5.91 Å². The second-order valence-electron chi connectivity index (χ2n) is 4.84. The maximum absolute atomic E-state index is 12.5. The van der Waals surface area contributed by atoms with Crippen LogP contribution in [0.25, 0.3) is 0 Å². The highest BCUT2D eigenvalue weighted by Gasteiger charge is 2.40. The molecule has 0 atom stereocenters. The van der Waals surface area contributed by atoms with Gasteiger partial charge in [0, 0.05) is 5.02 Å². The summed E-state index contributed by atoms with van der Waals surface area (Å²) in [4.78, 5) is 25.8. The number of amides is 2. The van der Waals surface area contributed by atoms with Gasteiger partial charge < -0.3 is 9.47 Å². The molecule has 0 spiro atoms. The van der Waals surface area contributed by atoms with E-state index in [-0.39, 0.29) is 10.8 Å². The second kappa shape index (κ2) is 6.55. The number of hydrogen-bond acceptors (Lipinski definition) is 4. The van der Waals surface area contributed by atoms with Crippen LogP contribution in [0.5, 0.6) is 11.5 Å². The standard InChI is InChI=1S/C17H11Cl2NO4/c1-23-12-8-4-11(5-9-12)20-16(21)14(19)15(17(20)22)24-13-6-2-10(18)3-7-13/h2-9H,1H3. The molecule has 0 bridgehead atoms. The minimum atomic E-state index is -0.643. The second-order valence-corrected chi connectivity index (χ2v) is 5.66. The van der Waals surface area contributed by atoms with Gasteiger partial charge in [-0.25, -0.2) is 4.90 Å². The molecule has 0 unspecified atom stereocenters. The van der Waals surface area contributed by atoms with E-state index in [1.165, 1.54) is 7.11 Å².